The summed E-state index contributed by atoms with van der Waals surface area (Å²) in [4.78, 5) is 7.39. The van der Waals surface area contributed by atoms with E-state index in [1.165, 1.54) is 12.1 Å². The van der Waals surface area contributed by atoms with Crippen molar-refractivity contribution in [2.45, 2.75) is 18.3 Å². The average Bonchev–Trinajstić information content (AvgIpc) is 3.00. The van der Waals surface area contributed by atoms with E-state index in [4.69, 9.17) is 5.26 Å². The van der Waals surface area contributed by atoms with Gasteiger partial charge in [-0.25, -0.2) is 9.37 Å². The van der Waals surface area contributed by atoms with E-state index in [1.807, 2.05) is 0 Å². The fourth-order valence-electron chi connectivity index (χ4n) is 1.87. The highest BCUT2D eigenvalue weighted by molar-refractivity contribution is 5.58. The molecular formula is C13H10FN3. The Bertz CT molecular complexity index is 588. The second-order valence-corrected chi connectivity index (χ2v) is 4.35. The highest BCUT2D eigenvalue weighted by atomic mass is 19.1. The van der Waals surface area contributed by atoms with Gasteiger partial charge in [0.15, 0.2) is 0 Å². The molecule has 17 heavy (non-hydrogen) atoms. The van der Waals surface area contributed by atoms with Crippen molar-refractivity contribution in [3.8, 4) is 17.3 Å². The summed E-state index contributed by atoms with van der Waals surface area (Å²) < 4.78 is 12.8. The molecule has 0 saturated heterocycles. The van der Waals surface area contributed by atoms with E-state index in [-0.39, 0.29) is 5.82 Å². The van der Waals surface area contributed by atoms with Gasteiger partial charge < -0.3 is 4.98 Å². The first-order chi connectivity index (χ1) is 8.23. The van der Waals surface area contributed by atoms with Gasteiger partial charge in [0.05, 0.1) is 18.0 Å². The smallest absolute Gasteiger partial charge is 0.127 e. The quantitative estimate of drug-likeness (QED) is 0.857. The number of aromatic amines is 1. The lowest BCUT2D eigenvalue weighted by Crippen LogP contribution is -2.04. The van der Waals surface area contributed by atoms with Crippen LogP contribution in [0.3, 0.4) is 0 Å². The van der Waals surface area contributed by atoms with E-state index in [9.17, 15) is 4.39 Å². The molecule has 1 fully saturated rings. The summed E-state index contributed by atoms with van der Waals surface area (Å²) in [6.45, 7) is 0. The van der Waals surface area contributed by atoms with Crippen molar-refractivity contribution in [3.05, 3.63) is 42.1 Å². The molecule has 1 aromatic carbocycles. The number of nitrogens with one attached hydrogen (secondary N) is 1. The van der Waals surface area contributed by atoms with Crippen LogP contribution in [-0.4, -0.2) is 9.97 Å². The van der Waals surface area contributed by atoms with Crippen molar-refractivity contribution in [1.29, 1.82) is 5.26 Å². The number of aromatic nitrogens is 2. The Labute approximate surface area is 97.9 Å². The van der Waals surface area contributed by atoms with E-state index in [2.05, 4.69) is 16.0 Å². The molecule has 84 valence electrons. The zero-order chi connectivity index (χ0) is 11.9. The Morgan fingerprint density at radius 1 is 1.29 bits per heavy atom. The Kier molecular flexibility index (Phi) is 2.02. The van der Waals surface area contributed by atoms with Gasteiger partial charge in [-0.15, -0.1) is 0 Å². The highest BCUT2D eigenvalue weighted by Gasteiger charge is 2.47. The zero-order valence-corrected chi connectivity index (χ0v) is 9.07. The van der Waals surface area contributed by atoms with Gasteiger partial charge >= 0.3 is 0 Å². The summed E-state index contributed by atoms with van der Waals surface area (Å²) in [5.41, 5.74) is 1.29. The molecule has 0 unspecified atom stereocenters. The molecule has 1 aliphatic carbocycles. The third kappa shape index (κ3) is 1.60. The number of nitriles is 1. The zero-order valence-electron chi connectivity index (χ0n) is 9.07. The van der Waals surface area contributed by atoms with Gasteiger partial charge in [0.2, 0.25) is 0 Å². The maximum atomic E-state index is 12.8. The molecule has 0 bridgehead atoms. The summed E-state index contributed by atoms with van der Waals surface area (Å²) >= 11 is 0. The minimum absolute atomic E-state index is 0.260. The summed E-state index contributed by atoms with van der Waals surface area (Å²) in [5, 5.41) is 9.07. The van der Waals surface area contributed by atoms with Crippen LogP contribution in [-0.2, 0) is 5.41 Å². The van der Waals surface area contributed by atoms with Crippen LogP contribution in [0.5, 0.6) is 0 Å². The minimum atomic E-state index is -0.404. The van der Waals surface area contributed by atoms with E-state index >= 15 is 0 Å². The van der Waals surface area contributed by atoms with Gasteiger partial charge in [-0.3, -0.25) is 0 Å². The average molecular weight is 227 g/mol. The van der Waals surface area contributed by atoms with Gasteiger partial charge in [-0.05, 0) is 42.7 Å². The van der Waals surface area contributed by atoms with Gasteiger partial charge in [-0.2, -0.15) is 5.26 Å². The van der Waals surface area contributed by atoms with Crippen molar-refractivity contribution in [1.82, 2.24) is 9.97 Å². The first-order valence-electron chi connectivity index (χ1n) is 5.46. The number of halogens is 1. The fourth-order valence-corrected chi connectivity index (χ4v) is 1.87. The Balaban J connectivity index is 1.96. The normalized spacial score (nSPS) is 16.5. The fraction of sp³-hybridized carbons (Fsp3) is 0.231. The molecule has 1 aliphatic rings. The molecule has 4 heteroatoms. The molecule has 1 aromatic heterocycles. The van der Waals surface area contributed by atoms with Crippen LogP contribution < -0.4 is 0 Å². The van der Waals surface area contributed by atoms with Gasteiger partial charge in [0.1, 0.15) is 17.1 Å². The lowest BCUT2D eigenvalue weighted by atomic mass is 10.1. The second-order valence-electron chi connectivity index (χ2n) is 4.35. The van der Waals surface area contributed by atoms with Gasteiger partial charge in [-0.1, -0.05) is 0 Å². The van der Waals surface area contributed by atoms with Crippen LogP contribution in [0.1, 0.15) is 18.7 Å². The predicted molar refractivity (Wildman–Crippen MR) is 60.5 cm³/mol. The maximum absolute atomic E-state index is 12.8. The van der Waals surface area contributed by atoms with E-state index < -0.39 is 5.41 Å². The van der Waals surface area contributed by atoms with Crippen LogP contribution in [0.4, 0.5) is 4.39 Å². The largest absolute Gasteiger partial charge is 0.341 e. The molecule has 2 aromatic rings. The summed E-state index contributed by atoms with van der Waals surface area (Å²) in [5.74, 6) is 0.462. The molecule has 0 spiro atoms. The lowest BCUT2D eigenvalue weighted by Gasteiger charge is -2.00. The molecule has 3 nitrogen and oxygen atoms in total. The number of hydrogen-bond donors (Lipinski definition) is 1. The number of benzene rings is 1. The van der Waals surface area contributed by atoms with Crippen LogP contribution in [0, 0.1) is 17.1 Å². The van der Waals surface area contributed by atoms with Crippen molar-refractivity contribution in [2.24, 2.45) is 0 Å². The first-order valence-corrected chi connectivity index (χ1v) is 5.46. The van der Waals surface area contributed by atoms with Crippen molar-refractivity contribution < 1.29 is 4.39 Å². The van der Waals surface area contributed by atoms with Crippen LogP contribution >= 0.6 is 0 Å². The summed E-state index contributed by atoms with van der Waals surface area (Å²) in [6.07, 6.45) is 3.42. The van der Waals surface area contributed by atoms with Crippen molar-refractivity contribution >= 4 is 0 Å². The van der Waals surface area contributed by atoms with Crippen molar-refractivity contribution in [2.75, 3.05) is 0 Å². The third-order valence-corrected chi connectivity index (χ3v) is 3.15. The molecule has 0 atom stereocenters. The summed E-state index contributed by atoms with van der Waals surface area (Å²) in [7, 11) is 0. The number of rotatable bonds is 2. The monoisotopic (exact) mass is 227 g/mol. The van der Waals surface area contributed by atoms with Crippen LogP contribution in [0.2, 0.25) is 0 Å². The molecule has 1 heterocycles. The third-order valence-electron chi connectivity index (χ3n) is 3.15. The molecular weight excluding hydrogens is 217 g/mol. The molecule has 0 radical (unpaired) electrons. The topological polar surface area (TPSA) is 52.5 Å². The van der Waals surface area contributed by atoms with Gasteiger partial charge in [0.25, 0.3) is 0 Å². The van der Waals surface area contributed by atoms with E-state index in [0.717, 1.165) is 29.9 Å². The number of imidazole rings is 1. The number of H-pyrrole nitrogens is 1. The summed E-state index contributed by atoms with van der Waals surface area (Å²) in [6, 6.07) is 8.49. The molecule has 0 aliphatic heterocycles. The Morgan fingerprint density at radius 2 is 2.00 bits per heavy atom. The lowest BCUT2D eigenvalue weighted by molar-refractivity contribution is 0.628. The Hall–Kier alpha value is -2.15. The number of nitrogens with zero attached hydrogens (tertiary/aromatic N) is 2. The molecule has 3 rings (SSSR count). The van der Waals surface area contributed by atoms with Crippen LogP contribution in [0.25, 0.3) is 11.3 Å². The van der Waals surface area contributed by atoms with Crippen LogP contribution in [0.15, 0.2) is 30.5 Å². The number of hydrogen-bond acceptors (Lipinski definition) is 2. The maximum Gasteiger partial charge on any atom is 0.127 e. The van der Waals surface area contributed by atoms with Crippen molar-refractivity contribution in [3.63, 3.8) is 0 Å². The molecule has 0 amide bonds. The first kappa shape index (κ1) is 10.0. The SMILES string of the molecule is N#CC1(c2ncc(-c3ccc(F)cc3)[nH]2)CC1. The van der Waals surface area contributed by atoms with Gasteiger partial charge in [0, 0.05) is 0 Å². The highest BCUT2D eigenvalue weighted by Crippen LogP contribution is 2.46. The predicted octanol–water partition coefficient (Wildman–Crippen LogP) is 2.77. The second kappa shape index (κ2) is 3.42. The molecule has 1 N–H and O–H groups in total. The molecule has 1 saturated carbocycles. The van der Waals surface area contributed by atoms with E-state index in [1.54, 1.807) is 18.3 Å². The standard InChI is InChI=1S/C13H10FN3/c14-10-3-1-9(2-4-10)11-7-16-12(17-11)13(8-15)5-6-13/h1-4,7H,5-6H2,(H,16,17). The minimum Gasteiger partial charge on any atom is -0.341 e. The van der Waals surface area contributed by atoms with E-state index in [0.29, 0.717) is 0 Å². The Morgan fingerprint density at radius 3 is 2.59 bits per heavy atom.